The fraction of sp³-hybridized carbons (Fsp3) is 0.952. The first-order chi connectivity index (χ1) is 21.4. The highest BCUT2D eigenvalue weighted by Crippen LogP contribution is 2.20. The lowest BCUT2D eigenvalue weighted by molar-refractivity contribution is -0.906. The summed E-state index contributed by atoms with van der Waals surface area (Å²) < 4.78 is 0. The molecule has 0 spiro atoms. The summed E-state index contributed by atoms with van der Waals surface area (Å²) in [6.45, 7) is 9.00. The number of likely N-dealkylation sites (tertiary alicyclic amines) is 1. The fourth-order valence-electron chi connectivity index (χ4n) is 7.40. The van der Waals surface area contributed by atoms with Gasteiger partial charge >= 0.3 is 0 Å². The predicted molar refractivity (Wildman–Crippen MR) is 197 cm³/mol. The van der Waals surface area contributed by atoms with Crippen molar-refractivity contribution in [2.24, 2.45) is 5.92 Å². The summed E-state index contributed by atoms with van der Waals surface area (Å²) in [5.74, 6) is 1.06. The number of hydrogen-bond donors (Lipinski definition) is 1. The van der Waals surface area contributed by atoms with Gasteiger partial charge in [-0.05, 0) is 57.3 Å². The number of allylic oxidation sites excluding steroid dienone is 2. The molecule has 0 atom stereocenters. The first kappa shape index (κ1) is 40.7. The van der Waals surface area contributed by atoms with Gasteiger partial charge in [-0.2, -0.15) is 0 Å². The predicted octanol–water partition coefficient (Wildman–Crippen LogP) is 13.4. The average molecular weight is 603 g/mol. The van der Waals surface area contributed by atoms with Crippen molar-refractivity contribution in [3.63, 3.8) is 0 Å². The molecule has 0 amide bonds. The van der Waals surface area contributed by atoms with E-state index in [4.69, 9.17) is 0 Å². The van der Waals surface area contributed by atoms with Crippen molar-refractivity contribution in [2.45, 2.75) is 232 Å². The van der Waals surface area contributed by atoms with E-state index < -0.39 is 0 Å². The molecule has 1 heterocycles. The van der Waals surface area contributed by atoms with Gasteiger partial charge in [0.2, 0.25) is 0 Å². The van der Waals surface area contributed by atoms with Crippen LogP contribution in [0.25, 0.3) is 0 Å². The second kappa shape index (κ2) is 34.6. The Labute approximate surface area is 274 Å². The van der Waals surface area contributed by atoms with Gasteiger partial charge in [-0.25, -0.2) is 0 Å². The van der Waals surface area contributed by atoms with E-state index >= 15 is 0 Å². The smallest absolute Gasteiger partial charge is 0.0773 e. The quantitative estimate of drug-likeness (QED) is 0.0552. The summed E-state index contributed by atoms with van der Waals surface area (Å²) in [7, 11) is 0. The van der Waals surface area contributed by atoms with Crippen molar-refractivity contribution < 1.29 is 4.90 Å². The van der Waals surface area contributed by atoms with Gasteiger partial charge in [0, 0.05) is 0 Å². The number of rotatable bonds is 34. The van der Waals surface area contributed by atoms with Crippen LogP contribution in [0.15, 0.2) is 12.2 Å². The molecule has 43 heavy (non-hydrogen) atoms. The van der Waals surface area contributed by atoms with E-state index in [0.717, 1.165) is 5.92 Å². The molecule has 0 aromatic heterocycles. The summed E-state index contributed by atoms with van der Waals surface area (Å²) in [6.07, 6.45) is 54.5. The van der Waals surface area contributed by atoms with Crippen LogP contribution in [0.4, 0.5) is 0 Å². The Bertz CT molecular complexity index is 531. The van der Waals surface area contributed by atoms with Gasteiger partial charge in [-0.15, -0.1) is 0 Å². The van der Waals surface area contributed by atoms with Crippen LogP contribution in [0.3, 0.4) is 0 Å². The molecule has 1 heteroatoms. The van der Waals surface area contributed by atoms with E-state index in [2.05, 4.69) is 26.0 Å². The number of nitrogens with one attached hydrogen (secondary N) is 1. The second-order valence-electron chi connectivity index (χ2n) is 14.8. The molecule has 0 saturated carbocycles. The van der Waals surface area contributed by atoms with Crippen LogP contribution in [-0.2, 0) is 0 Å². The molecule has 0 aromatic carbocycles. The van der Waals surface area contributed by atoms with Gasteiger partial charge in [-0.1, -0.05) is 193 Å². The molecule has 0 aromatic rings. The van der Waals surface area contributed by atoms with Crippen LogP contribution in [0.5, 0.6) is 0 Å². The molecule has 1 nitrogen and oxygen atoms in total. The zero-order valence-electron chi connectivity index (χ0n) is 30.4. The topological polar surface area (TPSA) is 4.44 Å². The van der Waals surface area contributed by atoms with E-state index in [1.807, 2.05) is 4.90 Å². The zero-order chi connectivity index (χ0) is 30.7. The molecule has 1 aliphatic heterocycles. The molecule has 1 aliphatic rings. The van der Waals surface area contributed by atoms with Crippen molar-refractivity contribution >= 4 is 0 Å². The molecule has 0 radical (unpaired) electrons. The molecular formula is C42H84N+. The third-order valence-electron chi connectivity index (χ3n) is 10.6. The number of quaternary nitrogens is 1. The third kappa shape index (κ3) is 30.1. The molecule has 0 unspecified atom stereocenters. The van der Waals surface area contributed by atoms with E-state index in [0.29, 0.717) is 0 Å². The van der Waals surface area contributed by atoms with Crippen LogP contribution in [0.2, 0.25) is 0 Å². The summed E-state index contributed by atoms with van der Waals surface area (Å²) in [5.41, 5.74) is 0. The number of piperidine rings is 1. The lowest BCUT2D eigenvalue weighted by Gasteiger charge is -2.29. The molecule has 1 rings (SSSR count). The fourth-order valence-corrected chi connectivity index (χ4v) is 7.40. The highest BCUT2D eigenvalue weighted by Gasteiger charge is 2.21. The molecule has 1 saturated heterocycles. The maximum atomic E-state index is 2.46. The zero-order valence-corrected chi connectivity index (χ0v) is 30.4. The first-order valence-electron chi connectivity index (χ1n) is 20.8. The normalized spacial score (nSPS) is 17.3. The molecule has 1 N–H and O–H groups in total. The first-order valence-corrected chi connectivity index (χ1v) is 20.8. The Morgan fingerprint density at radius 2 is 0.721 bits per heavy atom. The monoisotopic (exact) mass is 603 g/mol. The summed E-state index contributed by atoms with van der Waals surface area (Å²) in [5, 5.41) is 0. The minimum Gasteiger partial charge on any atom is -0.335 e. The van der Waals surface area contributed by atoms with E-state index in [9.17, 15) is 0 Å². The van der Waals surface area contributed by atoms with Crippen molar-refractivity contribution in [2.75, 3.05) is 19.6 Å². The molecule has 0 aliphatic carbocycles. The minimum atomic E-state index is 1.06. The Morgan fingerprint density at radius 1 is 0.395 bits per heavy atom. The van der Waals surface area contributed by atoms with E-state index in [1.165, 1.54) is 238 Å². The van der Waals surface area contributed by atoms with Crippen molar-refractivity contribution in [1.29, 1.82) is 0 Å². The molecule has 256 valence electrons. The summed E-state index contributed by atoms with van der Waals surface area (Å²) >= 11 is 0. The summed E-state index contributed by atoms with van der Waals surface area (Å²) in [4.78, 5) is 1.93. The molecule has 1 fully saturated rings. The largest absolute Gasteiger partial charge is 0.335 e. The van der Waals surface area contributed by atoms with E-state index in [1.54, 1.807) is 0 Å². The van der Waals surface area contributed by atoms with Gasteiger partial charge in [-0.3, -0.25) is 0 Å². The van der Waals surface area contributed by atoms with Gasteiger partial charge in [0.1, 0.15) is 0 Å². The van der Waals surface area contributed by atoms with Crippen LogP contribution in [0, 0.1) is 5.92 Å². The number of hydrogen-bond acceptors (Lipinski definition) is 0. The van der Waals surface area contributed by atoms with Crippen molar-refractivity contribution in [1.82, 2.24) is 0 Å². The number of unbranched alkanes of at least 4 members (excludes halogenated alkanes) is 28. The average Bonchev–Trinajstić information content (AvgIpc) is 3.03. The van der Waals surface area contributed by atoms with Crippen molar-refractivity contribution in [3.8, 4) is 0 Å². The van der Waals surface area contributed by atoms with Crippen LogP contribution in [-0.4, -0.2) is 19.6 Å². The standard InChI is InChI=1S/C42H83N/c1-3-5-7-9-11-13-15-17-19-21-22-24-26-28-30-32-34-36-42-37-40-43(41-38-42)39-35-33-31-29-27-25-23-20-18-16-14-12-10-8-6-4-2/h18,20,42H,3-17,19,21-41H2,1-2H3/p+1/b20-18-. The molecular weight excluding hydrogens is 518 g/mol. The van der Waals surface area contributed by atoms with E-state index in [-0.39, 0.29) is 0 Å². The Kier molecular flexibility index (Phi) is 32.7. The lowest BCUT2D eigenvalue weighted by Crippen LogP contribution is -3.13. The summed E-state index contributed by atoms with van der Waals surface area (Å²) in [6, 6.07) is 0. The van der Waals surface area contributed by atoms with Crippen LogP contribution < -0.4 is 4.90 Å². The van der Waals surface area contributed by atoms with Gasteiger partial charge in [0.25, 0.3) is 0 Å². The second-order valence-corrected chi connectivity index (χ2v) is 14.8. The van der Waals surface area contributed by atoms with Gasteiger partial charge in [0.15, 0.2) is 0 Å². The Hall–Kier alpha value is -0.300. The van der Waals surface area contributed by atoms with Crippen LogP contribution >= 0.6 is 0 Å². The highest BCUT2D eigenvalue weighted by atomic mass is 15.1. The molecule has 0 bridgehead atoms. The lowest BCUT2D eigenvalue weighted by atomic mass is 9.91. The third-order valence-corrected chi connectivity index (χ3v) is 10.6. The maximum Gasteiger partial charge on any atom is 0.0773 e. The van der Waals surface area contributed by atoms with Crippen molar-refractivity contribution in [3.05, 3.63) is 12.2 Å². The maximum absolute atomic E-state index is 2.46. The van der Waals surface area contributed by atoms with Gasteiger partial charge < -0.3 is 4.90 Å². The minimum absolute atomic E-state index is 1.06. The SMILES string of the molecule is CCCCCCCC/C=C\CCCCCCCC[NH+]1CCC(CCCCCCCCCCCCCCCCCCC)CC1. The van der Waals surface area contributed by atoms with Crippen LogP contribution in [0.1, 0.15) is 232 Å². The highest BCUT2D eigenvalue weighted by molar-refractivity contribution is 4.81. The van der Waals surface area contributed by atoms with Gasteiger partial charge in [0.05, 0.1) is 19.6 Å². The Morgan fingerprint density at radius 3 is 1.12 bits per heavy atom. The Balaban J connectivity index is 1.74.